The minimum atomic E-state index is -1.14. The first kappa shape index (κ1) is 25.8. The second kappa shape index (κ2) is 10.4. The molecule has 2 aromatic carbocycles. The van der Waals surface area contributed by atoms with E-state index in [0.717, 1.165) is 24.1 Å². The molecule has 0 unspecified atom stereocenters. The van der Waals surface area contributed by atoms with Gasteiger partial charge in [-0.3, -0.25) is 10.2 Å². The highest BCUT2D eigenvalue weighted by Gasteiger charge is 2.27. The number of carboxylic acids is 1. The van der Waals surface area contributed by atoms with Crippen molar-refractivity contribution in [3.05, 3.63) is 58.9 Å². The fourth-order valence-electron chi connectivity index (χ4n) is 4.03. The maximum absolute atomic E-state index is 12.9. The Morgan fingerprint density at radius 3 is 2.33 bits per heavy atom. The van der Waals surface area contributed by atoms with Crippen LogP contribution in [0.4, 0.5) is 5.69 Å². The van der Waals surface area contributed by atoms with Crippen molar-refractivity contribution >= 4 is 52.5 Å². The van der Waals surface area contributed by atoms with Gasteiger partial charge in [-0.1, -0.05) is 19.9 Å². The van der Waals surface area contributed by atoms with E-state index in [1.807, 2.05) is 0 Å². The second-order valence-electron chi connectivity index (χ2n) is 8.24. The quantitative estimate of drug-likeness (QED) is 0.108. The van der Waals surface area contributed by atoms with Crippen LogP contribution in [-0.2, 0) is 8.37 Å². The van der Waals surface area contributed by atoms with Crippen LogP contribution in [0, 0.1) is 11.3 Å². The number of carboxylic acid groups (broad SMARTS) is 1. The van der Waals surface area contributed by atoms with Crippen LogP contribution in [0.1, 0.15) is 34.6 Å². The van der Waals surface area contributed by atoms with Crippen molar-refractivity contribution in [2.75, 3.05) is 20.0 Å². The Bertz CT molecular complexity index is 1530. The number of fused-ring (bicyclic) bond motifs is 2. The lowest BCUT2D eigenvalue weighted by molar-refractivity contribution is 0.0697. The summed E-state index contributed by atoms with van der Waals surface area (Å²) >= 11 is 1.98. The summed E-state index contributed by atoms with van der Waals surface area (Å²) in [6, 6.07) is 11.3. The summed E-state index contributed by atoms with van der Waals surface area (Å²) < 4.78 is 16.9. The van der Waals surface area contributed by atoms with Gasteiger partial charge < -0.3 is 23.6 Å². The molecule has 10 heteroatoms. The van der Waals surface area contributed by atoms with Crippen molar-refractivity contribution in [3.8, 4) is 22.5 Å². The molecule has 1 heterocycles. The van der Waals surface area contributed by atoms with E-state index >= 15 is 0 Å². The minimum absolute atomic E-state index is 0.0257. The van der Waals surface area contributed by atoms with Gasteiger partial charge >= 0.3 is 5.97 Å². The number of anilines is 1. The van der Waals surface area contributed by atoms with Crippen LogP contribution in [0.5, 0.6) is 0 Å². The zero-order chi connectivity index (χ0) is 26.1. The third kappa shape index (κ3) is 4.48. The summed E-state index contributed by atoms with van der Waals surface area (Å²) in [6.45, 7) is 3.58. The number of ketones is 1. The summed E-state index contributed by atoms with van der Waals surface area (Å²) in [6.07, 6.45) is 0. The van der Waals surface area contributed by atoms with E-state index in [1.54, 1.807) is 44.2 Å². The molecule has 0 aromatic heterocycles. The molecule has 0 fully saturated rings. The zero-order valence-electron chi connectivity index (χ0n) is 20.0. The van der Waals surface area contributed by atoms with Crippen LogP contribution in [-0.4, -0.2) is 31.1 Å². The summed E-state index contributed by atoms with van der Waals surface area (Å²) in [4.78, 5) is 26.1. The number of aromatic carboxylic acids is 1. The molecule has 0 atom stereocenters. The fraction of sp³-hybridized carbons (Fsp3) is 0.192. The Kier molecular flexibility index (Phi) is 7.41. The van der Waals surface area contributed by atoms with E-state index in [0.29, 0.717) is 54.5 Å². The molecule has 1 aliphatic heterocycles. The van der Waals surface area contributed by atoms with Crippen molar-refractivity contribution in [3.63, 3.8) is 0 Å². The van der Waals surface area contributed by atoms with Gasteiger partial charge in [0.15, 0.2) is 17.1 Å². The van der Waals surface area contributed by atoms with Gasteiger partial charge in [-0.15, -0.1) is 0 Å². The lowest BCUT2D eigenvalue weighted by Crippen LogP contribution is -2.10. The van der Waals surface area contributed by atoms with Crippen LogP contribution in [0.25, 0.3) is 33.4 Å². The number of nitrogen functional groups attached to an aromatic ring is 1. The van der Waals surface area contributed by atoms with E-state index in [-0.39, 0.29) is 22.6 Å². The standard InChI is InChI=1S/C26H24N2O6S2/c1-12(2)21(29)13-5-6-14(26(30)31)17(11-13)20-15-7-9-18(27)24(35-32-3)22(15)34-23-16(20)8-10-19(28)25(23)36-33-4/h5-12,27H,28H2,1-4H3,(H,30,31). The van der Waals surface area contributed by atoms with Gasteiger partial charge in [-0.25, -0.2) is 4.79 Å². The summed E-state index contributed by atoms with van der Waals surface area (Å²) in [5.41, 5.74) is 8.90. The van der Waals surface area contributed by atoms with Crippen molar-refractivity contribution in [2.24, 2.45) is 5.92 Å². The molecule has 186 valence electrons. The van der Waals surface area contributed by atoms with E-state index in [4.69, 9.17) is 23.9 Å². The molecule has 0 spiro atoms. The second-order valence-corrected chi connectivity index (χ2v) is 10.1. The minimum Gasteiger partial charge on any atom is -0.478 e. The molecule has 2 aliphatic rings. The molecule has 0 bridgehead atoms. The van der Waals surface area contributed by atoms with Crippen LogP contribution < -0.4 is 11.1 Å². The van der Waals surface area contributed by atoms with Crippen molar-refractivity contribution in [2.45, 2.75) is 23.6 Å². The first-order valence-electron chi connectivity index (χ1n) is 10.9. The molecule has 4 rings (SSSR count). The lowest BCUT2D eigenvalue weighted by atomic mass is 9.88. The number of hydrogen-bond acceptors (Lipinski definition) is 9. The molecule has 0 amide bonds. The molecule has 2 aromatic rings. The van der Waals surface area contributed by atoms with Crippen LogP contribution >= 0.6 is 24.1 Å². The van der Waals surface area contributed by atoms with Crippen LogP contribution in [0.2, 0.25) is 0 Å². The SMILES string of the molecule is COSc1c2oc3c(SOC)c(N)ccc3c(-c3cc(C(=O)C(C)C)ccc3C(=O)O)c-2ccc1=N. The number of carbonyl (C=O) groups is 2. The molecular formula is C26H24N2O6S2. The molecule has 0 radical (unpaired) electrons. The summed E-state index contributed by atoms with van der Waals surface area (Å²) in [7, 11) is 2.99. The summed E-state index contributed by atoms with van der Waals surface area (Å²) in [5, 5.41) is 19.2. The third-order valence-corrected chi connectivity index (χ3v) is 7.15. The van der Waals surface area contributed by atoms with Crippen molar-refractivity contribution in [1.29, 1.82) is 5.41 Å². The number of nitrogens with two attached hydrogens (primary N) is 1. The smallest absolute Gasteiger partial charge is 0.336 e. The number of hydrogen-bond donors (Lipinski definition) is 3. The predicted octanol–water partition coefficient (Wildman–Crippen LogP) is 6.11. The molecule has 0 saturated heterocycles. The van der Waals surface area contributed by atoms with Gasteiger partial charge in [0.05, 0.1) is 30.8 Å². The highest BCUT2D eigenvalue weighted by molar-refractivity contribution is 7.95. The average molecular weight is 525 g/mol. The maximum Gasteiger partial charge on any atom is 0.336 e. The van der Waals surface area contributed by atoms with Gasteiger partial charge in [0.1, 0.15) is 9.79 Å². The van der Waals surface area contributed by atoms with Crippen molar-refractivity contribution in [1.82, 2.24) is 0 Å². The lowest BCUT2D eigenvalue weighted by Gasteiger charge is -2.20. The van der Waals surface area contributed by atoms with E-state index in [9.17, 15) is 14.7 Å². The van der Waals surface area contributed by atoms with Gasteiger partial charge in [-0.05, 0) is 42.0 Å². The van der Waals surface area contributed by atoms with Crippen LogP contribution in [0.3, 0.4) is 0 Å². The van der Waals surface area contributed by atoms with E-state index in [2.05, 4.69) is 0 Å². The van der Waals surface area contributed by atoms with Crippen molar-refractivity contribution < 1.29 is 27.5 Å². The normalized spacial score (nSPS) is 11.5. The zero-order valence-corrected chi connectivity index (χ0v) is 21.6. The first-order chi connectivity index (χ1) is 17.2. The Hall–Kier alpha value is -3.31. The highest BCUT2D eigenvalue weighted by atomic mass is 32.2. The number of Topliss-reactive ketones (excluding diaryl/α,β-unsaturated/α-hetero) is 1. The number of carbonyl (C=O) groups excluding carboxylic acids is 1. The van der Waals surface area contributed by atoms with E-state index < -0.39 is 5.97 Å². The molecule has 8 nitrogen and oxygen atoms in total. The number of benzene rings is 3. The third-order valence-electron chi connectivity index (χ3n) is 5.66. The Labute approximate surface area is 216 Å². The van der Waals surface area contributed by atoms with Gasteiger partial charge in [0, 0.05) is 52.1 Å². The molecular weight excluding hydrogens is 500 g/mol. The highest BCUT2D eigenvalue weighted by Crippen LogP contribution is 2.47. The largest absolute Gasteiger partial charge is 0.478 e. The molecule has 36 heavy (non-hydrogen) atoms. The Morgan fingerprint density at radius 2 is 1.69 bits per heavy atom. The van der Waals surface area contributed by atoms with Gasteiger partial charge in [0.2, 0.25) is 0 Å². The predicted molar refractivity (Wildman–Crippen MR) is 140 cm³/mol. The Balaban J connectivity index is 2.24. The monoisotopic (exact) mass is 524 g/mol. The number of rotatable bonds is 8. The fourth-order valence-corrected chi connectivity index (χ4v) is 5.14. The summed E-state index contributed by atoms with van der Waals surface area (Å²) in [5.74, 6) is -1.18. The molecule has 0 saturated carbocycles. The van der Waals surface area contributed by atoms with Gasteiger partial charge in [-0.2, -0.15) is 0 Å². The first-order valence-corrected chi connectivity index (χ1v) is 12.4. The topological polar surface area (TPSA) is 136 Å². The maximum atomic E-state index is 12.9. The average Bonchev–Trinajstić information content (AvgIpc) is 2.85. The molecule has 4 N–H and O–H groups in total. The number of nitrogens with one attached hydrogen (secondary N) is 1. The van der Waals surface area contributed by atoms with Crippen LogP contribution in [0.15, 0.2) is 56.7 Å². The Morgan fingerprint density at radius 1 is 1.00 bits per heavy atom. The van der Waals surface area contributed by atoms with E-state index in [1.165, 1.54) is 26.4 Å². The van der Waals surface area contributed by atoms with Gasteiger partial charge in [0.25, 0.3) is 0 Å². The molecule has 1 aliphatic carbocycles.